The number of nitrogens with zero attached hydrogens (tertiary/aromatic N) is 3. The zero-order valence-corrected chi connectivity index (χ0v) is 17.1. The van der Waals surface area contributed by atoms with E-state index in [1.54, 1.807) is 26.5 Å². The third kappa shape index (κ3) is 5.07. The van der Waals surface area contributed by atoms with Gasteiger partial charge in [-0.25, -0.2) is 14.4 Å². The average molecular weight is 401 g/mol. The topological polar surface area (TPSA) is 71.0 Å². The van der Waals surface area contributed by atoms with Gasteiger partial charge in [-0.05, 0) is 31.5 Å². The molecule has 8 heteroatoms. The Hall–Kier alpha value is -3.03. The molecule has 156 valence electrons. The number of nitrogens with one attached hydrogen (secondary N) is 2. The number of pyridine rings is 1. The van der Waals surface area contributed by atoms with Gasteiger partial charge in [0.25, 0.3) is 0 Å². The molecule has 1 unspecified atom stereocenters. The second-order valence-electron chi connectivity index (χ2n) is 6.73. The van der Waals surface area contributed by atoms with Crippen molar-refractivity contribution in [3.05, 3.63) is 47.9 Å². The third-order valence-electron chi connectivity index (χ3n) is 4.80. The monoisotopic (exact) mass is 401 g/mol. The van der Waals surface area contributed by atoms with Crippen molar-refractivity contribution in [2.45, 2.75) is 25.9 Å². The van der Waals surface area contributed by atoms with Gasteiger partial charge < -0.3 is 25.0 Å². The van der Waals surface area contributed by atoms with Gasteiger partial charge in [0.05, 0.1) is 20.8 Å². The third-order valence-corrected chi connectivity index (χ3v) is 4.80. The number of aromatic nitrogens is 1. The van der Waals surface area contributed by atoms with Crippen LogP contribution in [-0.4, -0.2) is 50.8 Å². The number of ether oxygens (including phenoxy) is 2. The lowest BCUT2D eigenvalue weighted by Crippen LogP contribution is -2.44. The van der Waals surface area contributed by atoms with Crippen molar-refractivity contribution in [2.75, 3.05) is 38.8 Å². The van der Waals surface area contributed by atoms with Gasteiger partial charge in [0.15, 0.2) is 29.1 Å². The summed E-state index contributed by atoms with van der Waals surface area (Å²) in [5, 5.41) is 6.72. The molecule has 0 bridgehead atoms. The summed E-state index contributed by atoms with van der Waals surface area (Å²) in [5.74, 6) is 2.19. The van der Waals surface area contributed by atoms with Gasteiger partial charge >= 0.3 is 0 Å². The highest BCUT2D eigenvalue weighted by Gasteiger charge is 2.26. The Labute approximate surface area is 170 Å². The summed E-state index contributed by atoms with van der Waals surface area (Å²) < 4.78 is 24.8. The van der Waals surface area contributed by atoms with Crippen molar-refractivity contribution in [3.63, 3.8) is 0 Å². The van der Waals surface area contributed by atoms with E-state index in [-0.39, 0.29) is 11.9 Å². The van der Waals surface area contributed by atoms with Gasteiger partial charge in [0, 0.05) is 37.4 Å². The highest BCUT2D eigenvalue weighted by Crippen LogP contribution is 2.31. The standard InChI is InChI=1S/C21H28FN5O2/c1-4-23-21(25-13-15-7-5-9-18(28-2)19(15)29-3)26-16-10-12-27(14-16)20-17(22)8-6-11-24-20/h5-9,11,16H,4,10,12-14H2,1-3H3,(H2,23,25,26). The number of guanidine groups is 1. The van der Waals surface area contributed by atoms with Crippen molar-refractivity contribution in [1.29, 1.82) is 0 Å². The first-order valence-electron chi connectivity index (χ1n) is 9.76. The van der Waals surface area contributed by atoms with Gasteiger partial charge in [-0.15, -0.1) is 0 Å². The largest absolute Gasteiger partial charge is 0.493 e. The lowest BCUT2D eigenvalue weighted by atomic mass is 10.2. The van der Waals surface area contributed by atoms with Crippen molar-refractivity contribution >= 4 is 11.8 Å². The number of aliphatic imine (C=N–C) groups is 1. The molecular formula is C21H28FN5O2. The first-order chi connectivity index (χ1) is 14.2. The minimum atomic E-state index is -0.293. The predicted molar refractivity (Wildman–Crippen MR) is 112 cm³/mol. The second-order valence-corrected chi connectivity index (χ2v) is 6.73. The van der Waals surface area contributed by atoms with Crippen LogP contribution in [0.15, 0.2) is 41.5 Å². The number of halogens is 1. The van der Waals surface area contributed by atoms with Crippen molar-refractivity contribution in [3.8, 4) is 11.5 Å². The molecule has 1 saturated heterocycles. The van der Waals surface area contributed by atoms with Crippen LogP contribution in [0.1, 0.15) is 18.9 Å². The molecule has 1 aliphatic heterocycles. The number of para-hydroxylation sites is 1. The van der Waals surface area contributed by atoms with Crippen LogP contribution in [-0.2, 0) is 6.54 Å². The molecule has 0 radical (unpaired) electrons. The summed E-state index contributed by atoms with van der Waals surface area (Å²) in [7, 11) is 3.24. The highest BCUT2D eigenvalue weighted by atomic mass is 19.1. The number of methoxy groups -OCH3 is 2. The van der Waals surface area contributed by atoms with E-state index in [0.29, 0.717) is 36.4 Å². The van der Waals surface area contributed by atoms with Gasteiger partial charge in [0.1, 0.15) is 0 Å². The fraction of sp³-hybridized carbons (Fsp3) is 0.429. The van der Waals surface area contributed by atoms with Crippen LogP contribution in [0.5, 0.6) is 11.5 Å². The molecule has 2 N–H and O–H groups in total. The van der Waals surface area contributed by atoms with Crippen LogP contribution in [0.25, 0.3) is 0 Å². The van der Waals surface area contributed by atoms with E-state index < -0.39 is 0 Å². The van der Waals surface area contributed by atoms with Crippen LogP contribution < -0.4 is 25.0 Å². The second kappa shape index (κ2) is 9.95. The molecule has 1 fully saturated rings. The number of benzene rings is 1. The maximum atomic E-state index is 14.0. The van der Waals surface area contributed by atoms with Crippen LogP contribution >= 0.6 is 0 Å². The Kier molecular flexibility index (Phi) is 7.10. The molecular weight excluding hydrogens is 373 g/mol. The lowest BCUT2D eigenvalue weighted by Gasteiger charge is -2.20. The molecule has 29 heavy (non-hydrogen) atoms. The fourth-order valence-corrected chi connectivity index (χ4v) is 3.44. The van der Waals surface area contributed by atoms with Crippen LogP contribution in [0, 0.1) is 5.82 Å². The van der Waals surface area contributed by atoms with Crippen LogP contribution in [0.2, 0.25) is 0 Å². The smallest absolute Gasteiger partial charge is 0.191 e. The summed E-state index contributed by atoms with van der Waals surface area (Å²) in [6.45, 7) is 4.62. The van der Waals surface area contributed by atoms with Gasteiger partial charge in [-0.1, -0.05) is 12.1 Å². The molecule has 2 aromatic rings. The van der Waals surface area contributed by atoms with Crippen molar-refractivity contribution in [2.24, 2.45) is 4.99 Å². The molecule has 1 atom stereocenters. The zero-order chi connectivity index (χ0) is 20.6. The van der Waals surface area contributed by atoms with E-state index in [4.69, 9.17) is 14.5 Å². The summed E-state index contributed by atoms with van der Waals surface area (Å²) >= 11 is 0. The molecule has 0 spiro atoms. The number of anilines is 1. The minimum absolute atomic E-state index is 0.154. The Morgan fingerprint density at radius 2 is 2.14 bits per heavy atom. The van der Waals surface area contributed by atoms with Gasteiger partial charge in [0.2, 0.25) is 0 Å². The van der Waals surface area contributed by atoms with E-state index in [2.05, 4.69) is 15.6 Å². The molecule has 2 heterocycles. The quantitative estimate of drug-likeness (QED) is 0.549. The number of hydrogen-bond acceptors (Lipinski definition) is 5. The zero-order valence-electron chi connectivity index (χ0n) is 17.1. The van der Waals surface area contributed by atoms with E-state index >= 15 is 0 Å². The number of hydrogen-bond donors (Lipinski definition) is 2. The normalized spacial score (nSPS) is 16.6. The molecule has 1 aromatic heterocycles. The van der Waals surface area contributed by atoms with E-state index in [1.807, 2.05) is 30.0 Å². The SMILES string of the molecule is CCNC(=NCc1cccc(OC)c1OC)NC1CCN(c2ncccc2F)C1. The Morgan fingerprint density at radius 1 is 1.28 bits per heavy atom. The Balaban J connectivity index is 1.67. The first kappa shape index (κ1) is 20.7. The molecule has 0 saturated carbocycles. The molecule has 1 aliphatic rings. The minimum Gasteiger partial charge on any atom is -0.493 e. The molecule has 7 nitrogen and oxygen atoms in total. The average Bonchev–Trinajstić information content (AvgIpc) is 3.20. The number of rotatable bonds is 7. The summed E-state index contributed by atoms with van der Waals surface area (Å²) in [5.41, 5.74) is 0.938. The van der Waals surface area contributed by atoms with Gasteiger partial charge in [-0.2, -0.15) is 0 Å². The molecule has 0 aliphatic carbocycles. The van der Waals surface area contributed by atoms with Crippen molar-refractivity contribution in [1.82, 2.24) is 15.6 Å². The summed E-state index contributed by atoms with van der Waals surface area (Å²) in [6, 6.07) is 8.95. The predicted octanol–water partition coefficient (Wildman–Crippen LogP) is 2.57. The molecule has 3 rings (SSSR count). The lowest BCUT2D eigenvalue weighted by molar-refractivity contribution is 0.352. The summed E-state index contributed by atoms with van der Waals surface area (Å²) in [6.07, 6.45) is 2.50. The fourth-order valence-electron chi connectivity index (χ4n) is 3.44. The van der Waals surface area contributed by atoms with E-state index in [0.717, 1.165) is 25.1 Å². The highest BCUT2D eigenvalue weighted by molar-refractivity contribution is 5.80. The Bertz CT molecular complexity index is 846. The molecule has 1 aromatic carbocycles. The maximum Gasteiger partial charge on any atom is 0.191 e. The summed E-state index contributed by atoms with van der Waals surface area (Å²) in [4.78, 5) is 10.8. The van der Waals surface area contributed by atoms with Crippen molar-refractivity contribution < 1.29 is 13.9 Å². The molecule has 0 amide bonds. The Morgan fingerprint density at radius 3 is 2.86 bits per heavy atom. The first-order valence-corrected chi connectivity index (χ1v) is 9.76. The van der Waals surface area contributed by atoms with Crippen LogP contribution in [0.3, 0.4) is 0 Å². The van der Waals surface area contributed by atoms with E-state index in [9.17, 15) is 4.39 Å². The van der Waals surface area contributed by atoms with Gasteiger partial charge in [-0.3, -0.25) is 0 Å². The van der Waals surface area contributed by atoms with E-state index in [1.165, 1.54) is 6.07 Å². The maximum absolute atomic E-state index is 14.0. The van der Waals surface area contributed by atoms with Crippen LogP contribution in [0.4, 0.5) is 10.2 Å².